The zero-order chi connectivity index (χ0) is 5.98. The van der Waals surface area contributed by atoms with Crippen molar-refractivity contribution in [3.05, 3.63) is 34.3 Å². The summed E-state index contributed by atoms with van der Waals surface area (Å²) in [6.45, 7) is 0. The first-order valence-electron chi connectivity index (χ1n) is 2.20. The van der Waals surface area contributed by atoms with Gasteiger partial charge < -0.3 is 0 Å². The van der Waals surface area contributed by atoms with E-state index in [1.54, 1.807) is 18.2 Å². The topological polar surface area (TPSA) is 0 Å². The van der Waals surface area contributed by atoms with Gasteiger partial charge in [-0.05, 0) is 18.2 Å². The predicted octanol–water partition coefficient (Wildman–Crippen LogP) is 2.61. The van der Waals surface area contributed by atoms with E-state index in [1.165, 1.54) is 0 Å². The second-order valence-corrected chi connectivity index (χ2v) is 2.31. The van der Waals surface area contributed by atoms with Crippen LogP contribution in [0.5, 0.6) is 0 Å². The molecular formula is C6H4Cl2K. The van der Waals surface area contributed by atoms with E-state index in [2.05, 4.69) is 0 Å². The van der Waals surface area contributed by atoms with Crippen molar-refractivity contribution in [1.82, 2.24) is 0 Å². The van der Waals surface area contributed by atoms with Crippen LogP contribution in [0.3, 0.4) is 0 Å². The van der Waals surface area contributed by atoms with Gasteiger partial charge in [0, 0.05) is 61.4 Å². The van der Waals surface area contributed by atoms with Crippen LogP contribution in [0.2, 0.25) is 10.0 Å². The Balaban J connectivity index is 0.000000640. The average molecular weight is 186 g/mol. The van der Waals surface area contributed by atoms with E-state index >= 15 is 0 Å². The van der Waals surface area contributed by atoms with Gasteiger partial charge in [0.15, 0.2) is 0 Å². The van der Waals surface area contributed by atoms with Gasteiger partial charge in [0.05, 0.1) is 0 Å². The standard InChI is InChI=1S/C6H4Cl2.K/c7-5-2-1-3-6(8)4-5;/h1-4H;. The summed E-state index contributed by atoms with van der Waals surface area (Å²) in [4.78, 5) is 0. The number of hydrogen-bond acceptors (Lipinski definition) is 0. The van der Waals surface area contributed by atoms with Gasteiger partial charge in [-0.3, -0.25) is 0 Å². The fourth-order valence-electron chi connectivity index (χ4n) is 0.460. The maximum absolute atomic E-state index is 5.56. The summed E-state index contributed by atoms with van der Waals surface area (Å²) in [6.07, 6.45) is 0. The predicted molar refractivity (Wildman–Crippen MR) is 42.2 cm³/mol. The molecule has 43 valence electrons. The molecule has 0 bridgehead atoms. The molecule has 0 unspecified atom stereocenters. The summed E-state index contributed by atoms with van der Waals surface area (Å²) in [5, 5.41) is 1.36. The van der Waals surface area contributed by atoms with Crippen molar-refractivity contribution in [2.75, 3.05) is 0 Å². The van der Waals surface area contributed by atoms with Gasteiger partial charge in [-0.1, -0.05) is 29.3 Å². The number of benzene rings is 1. The Hall–Kier alpha value is 1.44. The van der Waals surface area contributed by atoms with Crippen LogP contribution in [0, 0.1) is 0 Å². The van der Waals surface area contributed by atoms with Crippen molar-refractivity contribution >= 4 is 74.6 Å². The van der Waals surface area contributed by atoms with Crippen molar-refractivity contribution in [1.29, 1.82) is 0 Å². The normalized spacial score (nSPS) is 8.22. The van der Waals surface area contributed by atoms with Crippen LogP contribution in [0.25, 0.3) is 0 Å². The van der Waals surface area contributed by atoms with Crippen LogP contribution < -0.4 is 0 Å². The van der Waals surface area contributed by atoms with Crippen molar-refractivity contribution in [2.45, 2.75) is 0 Å². The summed E-state index contributed by atoms with van der Waals surface area (Å²) in [7, 11) is 0. The van der Waals surface area contributed by atoms with Gasteiger partial charge in [-0.2, -0.15) is 0 Å². The molecule has 1 aromatic rings. The van der Waals surface area contributed by atoms with Gasteiger partial charge >= 0.3 is 0 Å². The minimum Gasteiger partial charge on any atom is -0.0843 e. The molecule has 0 heterocycles. The molecule has 0 atom stereocenters. The van der Waals surface area contributed by atoms with E-state index in [0.29, 0.717) is 10.0 Å². The monoisotopic (exact) mass is 185 g/mol. The van der Waals surface area contributed by atoms with Crippen LogP contribution >= 0.6 is 23.2 Å². The average Bonchev–Trinajstić information content (AvgIpc) is 1.64. The van der Waals surface area contributed by atoms with Crippen LogP contribution in [-0.2, 0) is 0 Å². The molecule has 0 spiro atoms. The van der Waals surface area contributed by atoms with E-state index in [4.69, 9.17) is 23.2 Å². The van der Waals surface area contributed by atoms with Gasteiger partial charge in [-0.25, -0.2) is 0 Å². The fourth-order valence-corrected chi connectivity index (χ4v) is 0.896. The van der Waals surface area contributed by atoms with Gasteiger partial charge in [0.1, 0.15) is 0 Å². The zero-order valence-electron chi connectivity index (χ0n) is 5.07. The number of halogens is 2. The van der Waals surface area contributed by atoms with Gasteiger partial charge in [-0.15, -0.1) is 0 Å². The van der Waals surface area contributed by atoms with Crippen molar-refractivity contribution in [3.8, 4) is 0 Å². The van der Waals surface area contributed by atoms with Crippen LogP contribution in [0.1, 0.15) is 0 Å². The summed E-state index contributed by atoms with van der Waals surface area (Å²) < 4.78 is 0. The Morgan fingerprint density at radius 2 is 1.44 bits per heavy atom. The van der Waals surface area contributed by atoms with Crippen LogP contribution in [-0.4, -0.2) is 51.4 Å². The molecule has 1 aromatic carbocycles. The molecule has 0 amide bonds. The molecule has 0 aliphatic heterocycles. The third-order valence-corrected chi connectivity index (χ3v) is 1.26. The maximum atomic E-state index is 5.56. The molecule has 0 saturated heterocycles. The van der Waals surface area contributed by atoms with E-state index in [9.17, 15) is 0 Å². The van der Waals surface area contributed by atoms with Crippen molar-refractivity contribution in [2.24, 2.45) is 0 Å². The molecule has 0 nitrogen and oxygen atoms in total. The minimum absolute atomic E-state index is 0. The zero-order valence-corrected chi connectivity index (χ0v) is 9.70. The van der Waals surface area contributed by atoms with E-state index in [1.807, 2.05) is 6.07 Å². The summed E-state index contributed by atoms with van der Waals surface area (Å²) >= 11 is 11.1. The molecule has 9 heavy (non-hydrogen) atoms. The molecular weight excluding hydrogens is 182 g/mol. The molecule has 1 rings (SSSR count). The van der Waals surface area contributed by atoms with Crippen LogP contribution in [0.15, 0.2) is 24.3 Å². The van der Waals surface area contributed by atoms with Crippen molar-refractivity contribution < 1.29 is 0 Å². The van der Waals surface area contributed by atoms with E-state index < -0.39 is 0 Å². The summed E-state index contributed by atoms with van der Waals surface area (Å²) in [6, 6.07) is 7.08. The summed E-state index contributed by atoms with van der Waals surface area (Å²) in [5.74, 6) is 0. The Bertz CT molecular complexity index is 171. The molecule has 0 fully saturated rings. The molecule has 0 aliphatic rings. The SMILES string of the molecule is Clc1cccc(Cl)c1.[K]. The Morgan fingerprint density at radius 1 is 1.00 bits per heavy atom. The largest absolute Gasteiger partial charge is 0.0843 e. The molecule has 0 N–H and O–H groups in total. The smallest absolute Gasteiger partial charge is 0.0420 e. The third kappa shape index (κ3) is 3.99. The third-order valence-electron chi connectivity index (χ3n) is 0.787. The Kier molecular flexibility index (Phi) is 5.95. The van der Waals surface area contributed by atoms with Gasteiger partial charge in [0.2, 0.25) is 0 Å². The second kappa shape index (κ2) is 5.13. The Labute approximate surface area is 107 Å². The minimum atomic E-state index is 0. The van der Waals surface area contributed by atoms with Crippen molar-refractivity contribution in [3.63, 3.8) is 0 Å². The second-order valence-electron chi connectivity index (χ2n) is 1.44. The number of rotatable bonds is 0. The molecule has 0 aromatic heterocycles. The Morgan fingerprint density at radius 3 is 1.67 bits per heavy atom. The van der Waals surface area contributed by atoms with Crippen LogP contribution in [0.4, 0.5) is 0 Å². The summed E-state index contributed by atoms with van der Waals surface area (Å²) in [5.41, 5.74) is 0. The molecule has 0 aliphatic carbocycles. The first kappa shape index (κ1) is 10.4. The fraction of sp³-hybridized carbons (Fsp3) is 0. The number of hydrogen-bond donors (Lipinski definition) is 0. The van der Waals surface area contributed by atoms with Gasteiger partial charge in [0.25, 0.3) is 0 Å². The molecule has 1 radical (unpaired) electrons. The molecule has 3 heteroatoms. The first-order chi connectivity index (χ1) is 3.79. The first-order valence-corrected chi connectivity index (χ1v) is 2.96. The van der Waals surface area contributed by atoms with E-state index in [-0.39, 0.29) is 51.4 Å². The maximum Gasteiger partial charge on any atom is 0.0420 e. The quantitative estimate of drug-likeness (QED) is 0.546. The molecule has 0 saturated carbocycles. The van der Waals surface area contributed by atoms with E-state index in [0.717, 1.165) is 0 Å².